The quantitative estimate of drug-likeness (QED) is 0.318. The summed E-state index contributed by atoms with van der Waals surface area (Å²) in [7, 11) is 0.0411. The third kappa shape index (κ3) is 6.50. The van der Waals surface area contributed by atoms with Crippen molar-refractivity contribution in [3.63, 3.8) is 0 Å². The topological polar surface area (TPSA) is 82.6 Å². The van der Waals surface area contributed by atoms with E-state index < -0.39 is 10.0 Å². The fourth-order valence-electron chi connectivity index (χ4n) is 3.26. The first kappa shape index (κ1) is 26.9. The molecule has 1 amide bonds. The number of hydrogen-bond donors (Lipinski definition) is 1. The Labute approximate surface area is 219 Å². The van der Waals surface area contributed by atoms with Crippen LogP contribution >= 0.6 is 35.3 Å². The summed E-state index contributed by atoms with van der Waals surface area (Å²) in [5, 5.41) is 1.04. The molecule has 0 aliphatic carbocycles. The molecule has 35 heavy (non-hydrogen) atoms. The van der Waals surface area contributed by atoms with Crippen molar-refractivity contribution in [1.29, 1.82) is 0 Å². The van der Waals surface area contributed by atoms with Crippen LogP contribution in [0.15, 0.2) is 77.7 Å². The second kappa shape index (κ2) is 11.4. The van der Waals surface area contributed by atoms with Crippen LogP contribution in [0.3, 0.4) is 0 Å². The molecule has 4 rings (SSSR count). The van der Waals surface area contributed by atoms with Crippen molar-refractivity contribution >= 4 is 72.3 Å². The highest BCUT2D eigenvalue weighted by atomic mass is 35.5. The zero-order chi connectivity index (χ0) is 24.3. The number of nitrogens with one attached hydrogen (secondary N) is 1. The number of nitrogens with zero attached hydrogens (tertiary/aromatic N) is 3. The Balaban J connectivity index is 0.00000342. The molecule has 0 aliphatic heterocycles. The van der Waals surface area contributed by atoms with Crippen LogP contribution in [-0.4, -0.2) is 51.4 Å². The number of sulfonamides is 1. The van der Waals surface area contributed by atoms with Gasteiger partial charge in [-0.3, -0.25) is 14.4 Å². The summed E-state index contributed by atoms with van der Waals surface area (Å²) >= 11 is 7.31. The lowest BCUT2D eigenvalue weighted by atomic mass is 10.2. The molecule has 0 atom stereocenters. The molecule has 0 bridgehead atoms. The highest BCUT2D eigenvalue weighted by Crippen LogP contribution is 2.30. The second-order valence-electron chi connectivity index (χ2n) is 7.86. The molecule has 0 fully saturated rings. The zero-order valence-electron chi connectivity index (χ0n) is 19.0. The fourth-order valence-corrected chi connectivity index (χ4v) is 5.42. The Bertz CT molecular complexity index is 1390. The van der Waals surface area contributed by atoms with Crippen molar-refractivity contribution in [2.45, 2.75) is 4.90 Å². The van der Waals surface area contributed by atoms with Gasteiger partial charge in [-0.2, -0.15) is 0 Å². The van der Waals surface area contributed by atoms with E-state index in [4.69, 9.17) is 11.6 Å². The number of para-hydroxylation sites is 1. The highest BCUT2D eigenvalue weighted by molar-refractivity contribution is 7.92. The van der Waals surface area contributed by atoms with Gasteiger partial charge in [-0.25, -0.2) is 13.4 Å². The highest BCUT2D eigenvalue weighted by Gasteiger charge is 2.22. The third-order valence-electron chi connectivity index (χ3n) is 5.02. The number of rotatable bonds is 8. The maximum Gasteiger partial charge on any atom is 0.261 e. The van der Waals surface area contributed by atoms with Crippen LogP contribution in [0.2, 0.25) is 5.02 Å². The number of halogens is 2. The average molecular weight is 552 g/mol. The van der Waals surface area contributed by atoms with E-state index in [0.29, 0.717) is 28.8 Å². The largest absolute Gasteiger partial charge is 0.308 e. The minimum Gasteiger partial charge on any atom is -0.308 e. The Morgan fingerprint density at radius 1 is 1.00 bits per heavy atom. The molecule has 7 nitrogen and oxygen atoms in total. The van der Waals surface area contributed by atoms with Crippen LogP contribution in [0.5, 0.6) is 0 Å². The predicted octanol–water partition coefficient (Wildman–Crippen LogP) is 5.38. The van der Waals surface area contributed by atoms with Crippen LogP contribution in [0, 0.1) is 0 Å². The summed E-state index contributed by atoms with van der Waals surface area (Å²) in [6.07, 6.45) is 0. The van der Waals surface area contributed by atoms with Crippen LogP contribution in [0.1, 0.15) is 10.4 Å². The number of carbonyl (C=O) groups is 1. The first-order valence-electron chi connectivity index (χ1n) is 10.4. The van der Waals surface area contributed by atoms with Crippen molar-refractivity contribution in [3.05, 3.63) is 83.4 Å². The SMILES string of the molecule is CN(C)CCN(C(=O)c1cccc(NS(=O)(=O)c2ccc(Cl)cc2)c1)c1nc2ccccc2s1.Cl. The molecule has 0 radical (unpaired) electrons. The minimum atomic E-state index is -3.83. The number of hydrogen-bond acceptors (Lipinski definition) is 6. The summed E-state index contributed by atoms with van der Waals surface area (Å²) in [5.41, 5.74) is 1.47. The summed E-state index contributed by atoms with van der Waals surface area (Å²) in [6, 6.07) is 20.1. The molecule has 11 heteroatoms. The van der Waals surface area contributed by atoms with Crippen molar-refractivity contribution in [2.24, 2.45) is 0 Å². The van der Waals surface area contributed by atoms with E-state index in [1.54, 1.807) is 23.1 Å². The summed E-state index contributed by atoms with van der Waals surface area (Å²) in [6.45, 7) is 1.08. The first-order chi connectivity index (χ1) is 16.2. The molecule has 1 N–H and O–H groups in total. The van der Waals surface area contributed by atoms with Crippen molar-refractivity contribution in [1.82, 2.24) is 9.88 Å². The van der Waals surface area contributed by atoms with Crippen molar-refractivity contribution in [2.75, 3.05) is 36.8 Å². The summed E-state index contributed by atoms with van der Waals surface area (Å²) < 4.78 is 29.1. The normalized spacial score (nSPS) is 11.3. The van der Waals surface area contributed by atoms with E-state index in [2.05, 4.69) is 9.71 Å². The molecule has 1 heterocycles. The van der Waals surface area contributed by atoms with Crippen LogP contribution in [-0.2, 0) is 10.0 Å². The number of amides is 1. The Kier molecular flexibility index (Phi) is 8.74. The van der Waals surface area contributed by atoms with Gasteiger partial charge in [-0.15, -0.1) is 12.4 Å². The van der Waals surface area contributed by atoms with Crippen LogP contribution < -0.4 is 9.62 Å². The van der Waals surface area contributed by atoms with Crippen LogP contribution in [0.4, 0.5) is 10.8 Å². The molecular weight excluding hydrogens is 527 g/mol. The third-order valence-corrected chi connectivity index (χ3v) is 7.72. The van der Waals surface area contributed by atoms with Gasteiger partial charge in [0.25, 0.3) is 15.9 Å². The Hall–Kier alpha value is -2.69. The molecule has 0 spiro atoms. The van der Waals surface area contributed by atoms with Gasteiger partial charge in [0.15, 0.2) is 5.13 Å². The van der Waals surface area contributed by atoms with Crippen molar-refractivity contribution < 1.29 is 13.2 Å². The predicted molar refractivity (Wildman–Crippen MR) is 146 cm³/mol. The van der Waals surface area contributed by atoms with Gasteiger partial charge >= 0.3 is 0 Å². The smallest absolute Gasteiger partial charge is 0.261 e. The molecular formula is C24H24Cl2N4O3S2. The van der Waals surface area contributed by atoms with Gasteiger partial charge in [0.05, 0.1) is 15.1 Å². The molecule has 184 valence electrons. The van der Waals surface area contributed by atoms with Gasteiger partial charge in [-0.05, 0) is 68.7 Å². The molecule has 0 saturated carbocycles. The molecule has 0 unspecified atom stereocenters. The Morgan fingerprint density at radius 2 is 1.71 bits per heavy atom. The van der Waals surface area contributed by atoms with E-state index in [1.165, 1.54) is 41.7 Å². The van der Waals surface area contributed by atoms with Gasteiger partial charge < -0.3 is 4.90 Å². The molecule has 3 aromatic carbocycles. The van der Waals surface area contributed by atoms with Gasteiger partial charge in [0.1, 0.15) is 0 Å². The van der Waals surface area contributed by atoms with E-state index in [1.807, 2.05) is 43.3 Å². The zero-order valence-corrected chi connectivity index (χ0v) is 22.2. The number of likely N-dealkylation sites (N-methyl/N-ethyl adjacent to an activating group) is 1. The monoisotopic (exact) mass is 550 g/mol. The first-order valence-corrected chi connectivity index (χ1v) is 13.1. The molecule has 1 aromatic heterocycles. The number of anilines is 2. The Morgan fingerprint density at radius 3 is 2.40 bits per heavy atom. The average Bonchev–Trinajstić information content (AvgIpc) is 3.23. The van der Waals surface area contributed by atoms with Gasteiger partial charge in [0.2, 0.25) is 0 Å². The second-order valence-corrected chi connectivity index (χ2v) is 11.0. The molecule has 0 saturated heterocycles. The lowest BCUT2D eigenvalue weighted by Gasteiger charge is -2.22. The number of thiazole rings is 1. The molecule has 0 aliphatic rings. The van der Waals surface area contributed by atoms with E-state index in [0.717, 1.165) is 10.2 Å². The molecule has 4 aromatic rings. The number of carbonyl (C=O) groups excluding carboxylic acids is 1. The number of benzene rings is 3. The minimum absolute atomic E-state index is 0. The summed E-state index contributed by atoms with van der Waals surface area (Å²) in [4.78, 5) is 21.9. The lowest BCUT2D eigenvalue weighted by molar-refractivity contribution is 0.0985. The summed E-state index contributed by atoms with van der Waals surface area (Å²) in [5.74, 6) is -0.256. The van der Waals surface area contributed by atoms with Gasteiger partial charge in [-0.1, -0.05) is 41.1 Å². The standard InChI is InChI=1S/C24H23ClN4O3S2.ClH/c1-28(2)14-15-29(24-26-21-8-3-4-9-22(21)33-24)23(30)17-6-5-7-19(16-17)27-34(31,32)20-12-10-18(25)11-13-20;/h3-13,16,27H,14-15H2,1-2H3;1H. The maximum absolute atomic E-state index is 13.5. The van der Waals surface area contributed by atoms with Gasteiger partial charge in [0, 0.05) is 29.4 Å². The fraction of sp³-hybridized carbons (Fsp3) is 0.167. The number of aromatic nitrogens is 1. The van der Waals surface area contributed by atoms with Crippen molar-refractivity contribution in [3.8, 4) is 0 Å². The van der Waals surface area contributed by atoms with E-state index in [9.17, 15) is 13.2 Å². The van der Waals surface area contributed by atoms with E-state index in [-0.39, 0.29) is 28.9 Å². The van der Waals surface area contributed by atoms with Crippen LogP contribution in [0.25, 0.3) is 10.2 Å². The lowest BCUT2D eigenvalue weighted by Crippen LogP contribution is -2.36. The number of fused-ring (bicyclic) bond motifs is 1. The maximum atomic E-state index is 13.5. The van der Waals surface area contributed by atoms with E-state index >= 15 is 0 Å².